The van der Waals surface area contributed by atoms with Gasteiger partial charge < -0.3 is 10.1 Å². The number of ether oxygens (including phenoxy) is 1. The van der Waals surface area contributed by atoms with E-state index < -0.39 is 10.0 Å². The number of anilines is 2. The summed E-state index contributed by atoms with van der Waals surface area (Å²) >= 11 is 6.13. The molecule has 0 bridgehead atoms. The molecule has 0 unspecified atom stereocenters. The summed E-state index contributed by atoms with van der Waals surface area (Å²) in [6.07, 6.45) is 0.0800. The fraction of sp³-hybridized carbons (Fsp3) is 0.227. The van der Waals surface area contributed by atoms with Crippen molar-refractivity contribution in [1.29, 1.82) is 0 Å². The van der Waals surface area contributed by atoms with Crippen LogP contribution in [0.25, 0.3) is 11.1 Å². The van der Waals surface area contributed by atoms with Gasteiger partial charge in [0.1, 0.15) is 16.5 Å². The van der Waals surface area contributed by atoms with Gasteiger partial charge >= 0.3 is 0 Å². The Bertz CT molecular complexity index is 1400. The summed E-state index contributed by atoms with van der Waals surface area (Å²) in [5.41, 5.74) is 2.48. The van der Waals surface area contributed by atoms with Crippen LogP contribution >= 0.6 is 11.6 Å². The topological polar surface area (TPSA) is 119 Å². The molecular weight excluding hydrogens is 468 g/mol. The van der Waals surface area contributed by atoms with Gasteiger partial charge in [0.05, 0.1) is 18.5 Å². The first-order valence-corrected chi connectivity index (χ1v) is 11.9. The van der Waals surface area contributed by atoms with Crippen LogP contribution in [0.5, 0.6) is 5.75 Å². The monoisotopic (exact) mass is 488 g/mol. The number of aromatic nitrogens is 2. The van der Waals surface area contributed by atoms with Crippen molar-refractivity contribution in [3.05, 3.63) is 52.7 Å². The van der Waals surface area contributed by atoms with Gasteiger partial charge in [-0.25, -0.2) is 8.42 Å². The van der Waals surface area contributed by atoms with E-state index in [4.69, 9.17) is 16.3 Å². The van der Waals surface area contributed by atoms with Gasteiger partial charge in [0.25, 0.3) is 10.0 Å². The van der Waals surface area contributed by atoms with Gasteiger partial charge in [-0.3, -0.25) is 14.3 Å². The Labute approximate surface area is 195 Å². The average Bonchev–Trinajstić information content (AvgIpc) is 3.02. The molecule has 1 aliphatic rings. The minimum absolute atomic E-state index is 0.0324. The molecule has 4 rings (SSSR count). The van der Waals surface area contributed by atoms with E-state index in [-0.39, 0.29) is 41.1 Å². The second-order valence-corrected chi connectivity index (χ2v) is 9.66. The maximum absolute atomic E-state index is 13.3. The van der Waals surface area contributed by atoms with Crippen LogP contribution < -0.4 is 14.8 Å². The lowest BCUT2D eigenvalue weighted by Gasteiger charge is -2.14. The molecule has 0 aliphatic carbocycles. The number of amides is 1. The Morgan fingerprint density at radius 1 is 1.12 bits per heavy atom. The molecule has 1 aliphatic heterocycles. The number of halogens is 1. The van der Waals surface area contributed by atoms with E-state index in [0.717, 1.165) is 10.2 Å². The molecule has 2 N–H and O–H groups in total. The van der Waals surface area contributed by atoms with Crippen LogP contribution in [0.3, 0.4) is 0 Å². The summed E-state index contributed by atoms with van der Waals surface area (Å²) in [5, 5.41) is 7.40. The zero-order chi connectivity index (χ0) is 23.9. The number of fused-ring (bicyclic) bond motifs is 1. The lowest BCUT2D eigenvalue weighted by molar-refractivity contribution is -0.116. The van der Waals surface area contributed by atoms with Crippen molar-refractivity contribution in [2.75, 3.05) is 17.1 Å². The number of nitrogens with one attached hydrogen (secondary N) is 2. The van der Waals surface area contributed by atoms with E-state index in [1.54, 1.807) is 25.1 Å². The number of hydrogen-bond acceptors (Lipinski definition) is 6. The first-order chi connectivity index (χ1) is 15.6. The molecule has 11 heteroatoms. The number of carbonyl (C=O) groups excluding carboxylic acids is 2. The van der Waals surface area contributed by atoms with E-state index >= 15 is 0 Å². The molecule has 0 saturated heterocycles. The number of carbonyl (C=O) groups is 2. The fourth-order valence-electron chi connectivity index (χ4n) is 3.60. The number of methoxy groups -OCH3 is 1. The first kappa shape index (κ1) is 22.8. The summed E-state index contributed by atoms with van der Waals surface area (Å²) in [4.78, 5) is 24.4. The highest BCUT2D eigenvalue weighted by Gasteiger charge is 2.28. The molecule has 0 atom stereocenters. The van der Waals surface area contributed by atoms with E-state index in [9.17, 15) is 18.0 Å². The smallest absolute Gasteiger partial charge is 0.265 e. The van der Waals surface area contributed by atoms with Gasteiger partial charge in [-0.15, -0.1) is 0 Å². The van der Waals surface area contributed by atoms with Crippen molar-refractivity contribution >= 4 is 44.9 Å². The van der Waals surface area contributed by atoms with E-state index in [0.29, 0.717) is 27.5 Å². The van der Waals surface area contributed by atoms with Crippen molar-refractivity contribution in [2.45, 2.75) is 31.6 Å². The molecule has 0 fully saturated rings. The second kappa shape index (κ2) is 8.53. The van der Waals surface area contributed by atoms with Crippen molar-refractivity contribution in [1.82, 2.24) is 9.78 Å². The summed E-state index contributed by atoms with van der Waals surface area (Å²) in [7, 11) is -2.71. The molecule has 2 aromatic carbocycles. The van der Waals surface area contributed by atoms with Crippen LogP contribution in [0.4, 0.5) is 11.5 Å². The van der Waals surface area contributed by atoms with E-state index in [2.05, 4.69) is 15.1 Å². The zero-order valence-corrected chi connectivity index (χ0v) is 19.7. The van der Waals surface area contributed by atoms with Crippen LogP contribution in [-0.4, -0.2) is 37.1 Å². The Morgan fingerprint density at radius 3 is 2.58 bits per heavy atom. The highest BCUT2D eigenvalue weighted by atomic mass is 35.5. The predicted octanol–water partition coefficient (Wildman–Crippen LogP) is 4.00. The molecule has 0 radical (unpaired) electrons. The molecule has 1 aromatic heterocycles. The van der Waals surface area contributed by atoms with Gasteiger partial charge in [0.15, 0.2) is 0 Å². The Hall–Kier alpha value is -3.37. The maximum Gasteiger partial charge on any atom is 0.265 e. The SMILES string of the molecule is COc1ccc(-c2c(C)nn3c2NC(=O)CCC3=O)cc1S(=O)(=O)Nc1ccc(C)c(Cl)c1. The summed E-state index contributed by atoms with van der Waals surface area (Å²) in [5.74, 6) is -0.299. The van der Waals surface area contributed by atoms with Crippen molar-refractivity contribution in [3.8, 4) is 16.9 Å². The molecular formula is C22H21ClN4O5S. The number of nitrogens with zero attached hydrogens (tertiary/aromatic N) is 2. The number of aryl methyl sites for hydroxylation is 2. The number of benzene rings is 2. The van der Waals surface area contributed by atoms with Crippen LogP contribution in [0.15, 0.2) is 41.3 Å². The summed E-state index contributed by atoms with van der Waals surface area (Å²) in [6.45, 7) is 3.50. The van der Waals surface area contributed by atoms with E-state index in [1.807, 2.05) is 6.92 Å². The van der Waals surface area contributed by atoms with Crippen LogP contribution in [0.2, 0.25) is 5.02 Å². The summed E-state index contributed by atoms with van der Waals surface area (Å²) < 4.78 is 35.5. The Balaban J connectivity index is 1.82. The number of rotatable bonds is 5. The fourth-order valence-corrected chi connectivity index (χ4v) is 5.02. The summed E-state index contributed by atoms with van der Waals surface area (Å²) in [6, 6.07) is 9.41. The molecule has 0 spiro atoms. The average molecular weight is 489 g/mol. The Morgan fingerprint density at radius 2 is 1.88 bits per heavy atom. The minimum atomic E-state index is -4.08. The highest BCUT2D eigenvalue weighted by Crippen LogP contribution is 2.37. The van der Waals surface area contributed by atoms with Crippen LogP contribution in [0, 0.1) is 13.8 Å². The molecule has 172 valence electrons. The molecule has 9 nitrogen and oxygen atoms in total. The largest absolute Gasteiger partial charge is 0.495 e. The van der Waals surface area contributed by atoms with Gasteiger partial charge in [0, 0.05) is 23.4 Å². The maximum atomic E-state index is 13.3. The highest BCUT2D eigenvalue weighted by molar-refractivity contribution is 7.92. The zero-order valence-electron chi connectivity index (χ0n) is 18.1. The van der Waals surface area contributed by atoms with Gasteiger partial charge in [-0.1, -0.05) is 23.7 Å². The third kappa shape index (κ3) is 4.31. The van der Waals surface area contributed by atoms with Gasteiger partial charge in [-0.2, -0.15) is 9.78 Å². The van der Waals surface area contributed by atoms with E-state index in [1.165, 1.54) is 25.3 Å². The predicted molar refractivity (Wildman–Crippen MR) is 124 cm³/mol. The quantitative estimate of drug-likeness (QED) is 0.560. The lowest BCUT2D eigenvalue weighted by Crippen LogP contribution is -2.14. The third-order valence-corrected chi connectivity index (χ3v) is 7.10. The van der Waals surface area contributed by atoms with Gasteiger partial charge in [-0.05, 0) is 49.2 Å². The minimum Gasteiger partial charge on any atom is -0.495 e. The lowest BCUT2D eigenvalue weighted by atomic mass is 10.1. The molecule has 1 amide bonds. The van der Waals surface area contributed by atoms with Crippen LogP contribution in [0.1, 0.15) is 28.9 Å². The normalized spacial score (nSPS) is 13.8. The van der Waals surface area contributed by atoms with Gasteiger partial charge in [0.2, 0.25) is 11.8 Å². The molecule has 2 heterocycles. The number of hydrogen-bond donors (Lipinski definition) is 2. The molecule has 33 heavy (non-hydrogen) atoms. The molecule has 0 saturated carbocycles. The number of sulfonamides is 1. The van der Waals surface area contributed by atoms with Crippen molar-refractivity contribution < 1.29 is 22.7 Å². The van der Waals surface area contributed by atoms with Crippen molar-refractivity contribution in [3.63, 3.8) is 0 Å². The third-order valence-electron chi connectivity index (χ3n) is 5.29. The standard InChI is InChI=1S/C22H21ClN4O5S/c1-12-4-6-15(11-16(12)23)26-33(30,31)18-10-14(5-7-17(18)32-3)21-13(2)25-27-20(29)9-8-19(28)24-22(21)27/h4-7,10-11,26H,8-9H2,1-3H3,(H,24,28). The second-order valence-electron chi connectivity index (χ2n) is 7.60. The first-order valence-electron chi connectivity index (χ1n) is 10.0. The van der Waals surface area contributed by atoms with Crippen LogP contribution in [-0.2, 0) is 14.8 Å². The van der Waals surface area contributed by atoms with Crippen molar-refractivity contribution in [2.24, 2.45) is 0 Å². The molecule has 3 aromatic rings. The Kier molecular flexibility index (Phi) is 5.89.